The van der Waals surface area contributed by atoms with E-state index in [1.54, 1.807) is 0 Å². The van der Waals surface area contributed by atoms with Crippen LogP contribution in [0.3, 0.4) is 0 Å². The van der Waals surface area contributed by atoms with Crippen LogP contribution in [0.4, 0.5) is 0 Å². The number of hydrogen-bond acceptors (Lipinski definition) is 4. The van der Waals surface area contributed by atoms with Gasteiger partial charge in [-0.25, -0.2) is 4.79 Å². The van der Waals surface area contributed by atoms with E-state index in [0.29, 0.717) is 5.92 Å². The molecule has 0 saturated carbocycles. The van der Waals surface area contributed by atoms with Gasteiger partial charge in [-0.05, 0) is 48.1 Å². The molecule has 7 nitrogen and oxygen atoms in total. The lowest BCUT2D eigenvalue weighted by molar-refractivity contribution is -0.751. The molecule has 1 atom stereocenters. The molecule has 2 saturated heterocycles. The monoisotopic (exact) mass is 399 g/mol. The normalized spacial score (nSPS) is 22.7. The molecule has 2 fully saturated rings. The van der Waals surface area contributed by atoms with Gasteiger partial charge in [0.15, 0.2) is 0 Å². The molecule has 0 bridgehead atoms. The molecule has 4 rings (SSSR count). The number of likely N-dealkylation sites (tertiary alicyclic amines) is 2. The Morgan fingerprint density at radius 2 is 2.00 bits per heavy atom. The van der Waals surface area contributed by atoms with Gasteiger partial charge in [0.05, 0.1) is 0 Å². The van der Waals surface area contributed by atoms with Gasteiger partial charge in [0.25, 0.3) is 18.6 Å². The first-order valence-electron chi connectivity index (χ1n) is 10.6. The summed E-state index contributed by atoms with van der Waals surface area (Å²) in [4.78, 5) is 28.3. The smallest absolute Gasteiger partial charge is 0.337 e. The summed E-state index contributed by atoms with van der Waals surface area (Å²) in [5.74, 6) is 0.590. The average Bonchev–Trinajstić information content (AvgIpc) is 3.29. The molecule has 3 heterocycles. The van der Waals surface area contributed by atoms with E-state index < -0.39 is 5.63 Å². The highest BCUT2D eigenvalue weighted by atomic mass is 16.5. The fraction of sp³-hybridized carbons (Fsp3) is 0.591. The van der Waals surface area contributed by atoms with Crippen molar-refractivity contribution in [2.24, 2.45) is 5.41 Å². The number of aromatic amines is 1. The summed E-state index contributed by atoms with van der Waals surface area (Å²) in [5, 5.41) is 2.45. The number of nitrogens with one attached hydrogen (secondary N) is 1. The van der Waals surface area contributed by atoms with Crippen molar-refractivity contribution in [2.45, 2.75) is 52.1 Å². The van der Waals surface area contributed by atoms with Gasteiger partial charge in [-0.1, -0.05) is 42.8 Å². The molecular formula is C22H31N4O3+. The van der Waals surface area contributed by atoms with Crippen LogP contribution in [0, 0.1) is 5.41 Å². The van der Waals surface area contributed by atoms with Crippen molar-refractivity contribution in [1.82, 2.24) is 15.1 Å². The highest BCUT2D eigenvalue weighted by Gasteiger charge is 2.43. The van der Waals surface area contributed by atoms with Gasteiger partial charge in [0, 0.05) is 31.6 Å². The molecule has 1 spiro atoms. The molecular weight excluding hydrogens is 368 g/mol. The molecule has 0 radical (unpaired) electrons. The Kier molecular flexibility index (Phi) is 5.58. The largest absolute Gasteiger partial charge is 0.426 e. The Morgan fingerprint density at radius 1 is 1.21 bits per heavy atom. The van der Waals surface area contributed by atoms with Crippen molar-refractivity contribution < 1.29 is 14.0 Å². The zero-order chi connectivity index (χ0) is 20.4. The second kappa shape index (κ2) is 8.14. The van der Waals surface area contributed by atoms with Gasteiger partial charge >= 0.3 is 5.63 Å². The number of carbonyl (C=O) groups excluding carboxylic acids is 1. The zero-order valence-electron chi connectivity index (χ0n) is 17.4. The number of rotatable bonds is 5. The first kappa shape index (κ1) is 19.9. The Labute approximate surface area is 171 Å². The third-order valence-corrected chi connectivity index (χ3v) is 6.41. The van der Waals surface area contributed by atoms with E-state index in [1.807, 2.05) is 4.90 Å². The molecule has 29 heavy (non-hydrogen) atoms. The van der Waals surface area contributed by atoms with Crippen LogP contribution < -0.4 is 10.3 Å². The third kappa shape index (κ3) is 4.61. The van der Waals surface area contributed by atoms with Crippen LogP contribution in [0.25, 0.3) is 0 Å². The highest BCUT2D eigenvalue weighted by molar-refractivity contribution is 5.75. The molecule has 0 aliphatic carbocycles. The lowest BCUT2D eigenvalue weighted by Crippen LogP contribution is -2.48. The van der Waals surface area contributed by atoms with Crippen molar-refractivity contribution >= 4 is 5.91 Å². The van der Waals surface area contributed by atoms with E-state index in [1.165, 1.54) is 34.8 Å². The molecule has 1 N–H and O–H groups in total. The van der Waals surface area contributed by atoms with Crippen LogP contribution in [0.1, 0.15) is 50.2 Å². The molecule has 1 amide bonds. The molecule has 1 aromatic heterocycles. The second-order valence-corrected chi connectivity index (χ2v) is 9.05. The standard InChI is InChI=1S/C22H30N4O3/c1-17(2)19-6-4-18(5-7-19)12-24-10-3-8-22(15-24)9-11-25(16-22)20(27)13-26-14-21(28)29-23-26/h4-7,14,17H,3,8-13,15-16H2,1-2H3/p+1. The summed E-state index contributed by atoms with van der Waals surface area (Å²) in [6, 6.07) is 9.00. The van der Waals surface area contributed by atoms with Crippen molar-refractivity contribution in [1.29, 1.82) is 0 Å². The Morgan fingerprint density at radius 3 is 2.69 bits per heavy atom. The van der Waals surface area contributed by atoms with Gasteiger partial charge in [0.1, 0.15) is 0 Å². The molecule has 2 aromatic rings. The summed E-state index contributed by atoms with van der Waals surface area (Å²) in [7, 11) is 0. The van der Waals surface area contributed by atoms with E-state index in [9.17, 15) is 9.59 Å². The molecule has 7 heteroatoms. The first-order chi connectivity index (χ1) is 13.9. The lowest BCUT2D eigenvalue weighted by Gasteiger charge is -2.40. The Balaban J connectivity index is 1.35. The fourth-order valence-corrected chi connectivity index (χ4v) is 4.80. The number of aromatic nitrogens is 2. The number of amides is 1. The predicted octanol–water partition coefficient (Wildman–Crippen LogP) is 1.89. The molecule has 1 unspecified atom stereocenters. The summed E-state index contributed by atoms with van der Waals surface area (Å²) in [6.45, 7) is 9.29. The van der Waals surface area contributed by atoms with E-state index in [2.05, 4.69) is 52.8 Å². The quantitative estimate of drug-likeness (QED) is 0.780. The van der Waals surface area contributed by atoms with Gasteiger partial charge in [-0.3, -0.25) is 14.2 Å². The maximum Gasteiger partial charge on any atom is 0.426 e. The number of carbonyl (C=O) groups is 1. The Hall–Kier alpha value is -2.41. The van der Waals surface area contributed by atoms with Crippen molar-refractivity contribution in [3.8, 4) is 0 Å². The second-order valence-electron chi connectivity index (χ2n) is 9.05. The zero-order valence-corrected chi connectivity index (χ0v) is 17.4. The summed E-state index contributed by atoms with van der Waals surface area (Å²) >= 11 is 0. The van der Waals surface area contributed by atoms with E-state index in [-0.39, 0.29) is 17.9 Å². The summed E-state index contributed by atoms with van der Waals surface area (Å²) in [5.41, 5.74) is 2.46. The maximum absolute atomic E-state index is 12.6. The molecule has 1 aromatic carbocycles. The van der Waals surface area contributed by atoms with Crippen LogP contribution in [0.15, 0.2) is 39.8 Å². The fourth-order valence-electron chi connectivity index (χ4n) is 4.80. The van der Waals surface area contributed by atoms with Crippen LogP contribution in [-0.4, -0.2) is 47.2 Å². The lowest BCUT2D eigenvalue weighted by atomic mass is 9.79. The Bertz CT molecular complexity index is 901. The SMILES string of the molecule is CC(C)c1ccc(CN2CCCC3(CCN(C(=O)C[n+]4cc(=O)o[nH]4)C3)C2)cc1. The molecule has 2 aliphatic rings. The number of benzene rings is 1. The van der Waals surface area contributed by atoms with E-state index in [4.69, 9.17) is 0 Å². The maximum atomic E-state index is 12.6. The summed E-state index contributed by atoms with van der Waals surface area (Å²) < 4.78 is 6.04. The predicted molar refractivity (Wildman–Crippen MR) is 108 cm³/mol. The van der Waals surface area contributed by atoms with E-state index in [0.717, 1.165) is 39.1 Å². The van der Waals surface area contributed by atoms with Gasteiger partial charge in [-0.2, -0.15) is 0 Å². The molecule has 156 valence electrons. The third-order valence-electron chi connectivity index (χ3n) is 6.41. The van der Waals surface area contributed by atoms with Gasteiger partial charge in [0.2, 0.25) is 0 Å². The summed E-state index contributed by atoms with van der Waals surface area (Å²) in [6.07, 6.45) is 4.68. The first-order valence-corrected chi connectivity index (χ1v) is 10.6. The van der Waals surface area contributed by atoms with Gasteiger partial charge < -0.3 is 4.90 Å². The van der Waals surface area contributed by atoms with Crippen molar-refractivity contribution in [3.63, 3.8) is 0 Å². The van der Waals surface area contributed by atoms with Crippen molar-refractivity contribution in [3.05, 3.63) is 52.0 Å². The topological polar surface area (TPSA) is 73.4 Å². The number of nitrogens with zero attached hydrogens (tertiary/aromatic N) is 3. The number of piperidine rings is 1. The molecule has 2 aliphatic heterocycles. The van der Waals surface area contributed by atoms with Crippen LogP contribution in [0.2, 0.25) is 0 Å². The van der Waals surface area contributed by atoms with Gasteiger partial charge in [-0.15, -0.1) is 0 Å². The average molecular weight is 400 g/mol. The van der Waals surface area contributed by atoms with Crippen molar-refractivity contribution in [2.75, 3.05) is 26.2 Å². The minimum Gasteiger partial charge on any atom is -0.337 e. The number of H-pyrrole nitrogens is 1. The van der Waals surface area contributed by atoms with Crippen LogP contribution >= 0.6 is 0 Å². The minimum atomic E-state index is -0.472. The minimum absolute atomic E-state index is 0.0327. The van der Waals surface area contributed by atoms with Crippen LogP contribution in [0.5, 0.6) is 0 Å². The highest BCUT2D eigenvalue weighted by Crippen LogP contribution is 2.39. The number of hydrogen-bond donors (Lipinski definition) is 1. The van der Waals surface area contributed by atoms with Crippen LogP contribution in [-0.2, 0) is 17.9 Å². The van der Waals surface area contributed by atoms with E-state index >= 15 is 0 Å².